The number of hydrogen-bond acceptors (Lipinski definition) is 3. The predicted octanol–water partition coefficient (Wildman–Crippen LogP) is 0.705. The van der Waals surface area contributed by atoms with Crippen LogP contribution < -0.4 is 5.32 Å². The zero-order valence-electron chi connectivity index (χ0n) is 8.98. The molecular weight excluding hydrogens is 205 g/mol. The van der Waals surface area contributed by atoms with Crippen LogP contribution in [0.2, 0.25) is 0 Å². The van der Waals surface area contributed by atoms with E-state index in [9.17, 15) is 9.90 Å². The van der Waals surface area contributed by atoms with Gasteiger partial charge in [0.05, 0.1) is 0 Å². The molecule has 5 heteroatoms. The van der Waals surface area contributed by atoms with Crippen molar-refractivity contribution in [3.8, 4) is 0 Å². The molecule has 1 atom stereocenters. The molecule has 4 nitrogen and oxygen atoms in total. The van der Waals surface area contributed by atoms with Crippen molar-refractivity contribution in [1.29, 1.82) is 0 Å². The van der Waals surface area contributed by atoms with Crippen molar-refractivity contribution in [3.63, 3.8) is 0 Å². The van der Waals surface area contributed by atoms with Gasteiger partial charge in [-0.1, -0.05) is 0 Å². The van der Waals surface area contributed by atoms with Crippen LogP contribution in [0.1, 0.15) is 24.7 Å². The first-order valence-corrected chi connectivity index (χ1v) is 5.40. The standard InChI is InChI=1S/C11H14BNO3/c14-10(11(15)5-2-1-3-6-11)13-8-9-4-7-16-12-9/h2,4-5,7,15H,1,3,6,8H2,(H,13,14). The molecule has 1 unspecified atom stereocenters. The second-order valence-corrected chi connectivity index (χ2v) is 4.03. The normalized spacial score (nSPS) is 24.1. The Balaban J connectivity index is 1.92. The average Bonchev–Trinajstić information content (AvgIpc) is 2.79. The number of carbonyl (C=O) groups is 1. The van der Waals surface area contributed by atoms with Crippen LogP contribution in [0.25, 0.3) is 0 Å². The number of nitrogens with one attached hydrogen (secondary N) is 1. The molecule has 1 aliphatic carbocycles. The minimum atomic E-state index is -1.33. The van der Waals surface area contributed by atoms with Gasteiger partial charge < -0.3 is 0 Å². The molecule has 0 spiro atoms. The summed E-state index contributed by atoms with van der Waals surface area (Å²) in [7, 11) is 1.57. The van der Waals surface area contributed by atoms with E-state index < -0.39 is 5.60 Å². The molecule has 2 rings (SSSR count). The summed E-state index contributed by atoms with van der Waals surface area (Å²) in [6.45, 7) is 0.380. The second-order valence-electron chi connectivity index (χ2n) is 4.03. The fourth-order valence-corrected chi connectivity index (χ4v) is 1.77. The Kier molecular flexibility index (Phi) is 3.24. The molecule has 1 heterocycles. The van der Waals surface area contributed by atoms with E-state index in [-0.39, 0.29) is 5.91 Å². The Morgan fingerprint density at radius 2 is 2.56 bits per heavy atom. The molecule has 0 saturated heterocycles. The first-order chi connectivity index (χ1) is 7.71. The predicted molar refractivity (Wildman–Crippen MR) is 59.8 cm³/mol. The third kappa shape index (κ3) is 2.42. The molecule has 84 valence electrons. The molecule has 2 N–H and O–H groups in total. The fraction of sp³-hybridized carbons (Fsp3) is 0.455. The quantitative estimate of drug-likeness (QED) is 0.735. The first-order valence-electron chi connectivity index (χ1n) is 5.40. The van der Waals surface area contributed by atoms with Crippen LogP contribution in [0.4, 0.5) is 0 Å². The van der Waals surface area contributed by atoms with E-state index in [2.05, 4.69) is 5.32 Å². The van der Waals surface area contributed by atoms with Crippen molar-refractivity contribution in [1.82, 2.24) is 5.32 Å². The zero-order valence-corrected chi connectivity index (χ0v) is 8.98. The molecule has 16 heavy (non-hydrogen) atoms. The van der Waals surface area contributed by atoms with E-state index in [1.807, 2.05) is 6.08 Å². The topological polar surface area (TPSA) is 62.5 Å². The van der Waals surface area contributed by atoms with E-state index in [4.69, 9.17) is 4.33 Å². The molecule has 0 fully saturated rings. The van der Waals surface area contributed by atoms with Gasteiger partial charge >= 0.3 is 93.9 Å². The Morgan fingerprint density at radius 3 is 3.19 bits per heavy atom. The zero-order chi connectivity index (χ0) is 11.4. The fourth-order valence-electron chi connectivity index (χ4n) is 1.77. The molecular formula is C11H14BNO3. The van der Waals surface area contributed by atoms with Gasteiger partial charge in [-0.3, -0.25) is 0 Å². The van der Waals surface area contributed by atoms with E-state index in [1.165, 1.54) is 0 Å². The van der Waals surface area contributed by atoms with E-state index in [0.29, 0.717) is 13.0 Å². The Bertz CT molecular complexity index is 388. The third-order valence-electron chi connectivity index (χ3n) is 2.75. The van der Waals surface area contributed by atoms with Crippen LogP contribution in [0, 0.1) is 0 Å². The molecule has 0 saturated carbocycles. The summed E-state index contributed by atoms with van der Waals surface area (Å²) in [5.74, 6) is -0.343. The molecule has 1 aliphatic rings. The minimum absolute atomic E-state index is 0.343. The van der Waals surface area contributed by atoms with Crippen molar-refractivity contribution < 1.29 is 14.2 Å². The summed E-state index contributed by atoms with van der Waals surface area (Å²) in [6.07, 6.45) is 7.24. The molecule has 0 aromatic carbocycles. The molecule has 1 aromatic rings. The number of allylic oxidation sites excluding steroid dienone is 1. The van der Waals surface area contributed by atoms with Crippen molar-refractivity contribution in [2.45, 2.75) is 31.4 Å². The summed E-state index contributed by atoms with van der Waals surface area (Å²) in [5, 5.41) is 12.7. The van der Waals surface area contributed by atoms with Crippen molar-refractivity contribution in [2.24, 2.45) is 0 Å². The van der Waals surface area contributed by atoms with Gasteiger partial charge in [0.2, 0.25) is 0 Å². The molecule has 0 bridgehead atoms. The van der Waals surface area contributed by atoms with Crippen molar-refractivity contribution in [2.75, 3.05) is 0 Å². The van der Waals surface area contributed by atoms with Gasteiger partial charge in [0.25, 0.3) is 0 Å². The third-order valence-corrected chi connectivity index (χ3v) is 2.75. The van der Waals surface area contributed by atoms with E-state index in [1.54, 1.807) is 25.5 Å². The van der Waals surface area contributed by atoms with Crippen molar-refractivity contribution in [3.05, 3.63) is 29.9 Å². The first kappa shape index (κ1) is 11.1. The average molecular weight is 219 g/mol. The molecule has 1 aromatic heterocycles. The van der Waals surface area contributed by atoms with Gasteiger partial charge in [-0.2, -0.15) is 0 Å². The summed E-state index contributed by atoms with van der Waals surface area (Å²) in [4.78, 5) is 11.8. The molecule has 0 aliphatic heterocycles. The van der Waals surface area contributed by atoms with Gasteiger partial charge in [-0.05, 0) is 0 Å². The molecule has 0 radical (unpaired) electrons. The van der Waals surface area contributed by atoms with Crippen LogP contribution in [-0.2, 0) is 11.3 Å². The molecule has 1 amide bonds. The Labute approximate surface area is 94.6 Å². The Hall–Kier alpha value is -1.36. The Morgan fingerprint density at radius 1 is 1.69 bits per heavy atom. The maximum atomic E-state index is 11.8. The SMILES string of the molecule is O=C(NCc1bocc1)C1(O)C=CCCC1. The van der Waals surface area contributed by atoms with Crippen LogP contribution in [0.15, 0.2) is 28.8 Å². The summed E-state index contributed by atoms with van der Waals surface area (Å²) in [6, 6.07) is 1.78. The summed E-state index contributed by atoms with van der Waals surface area (Å²) < 4.78 is 4.89. The summed E-state index contributed by atoms with van der Waals surface area (Å²) in [5.41, 5.74) is -0.445. The van der Waals surface area contributed by atoms with E-state index >= 15 is 0 Å². The van der Waals surface area contributed by atoms with Crippen LogP contribution in [-0.4, -0.2) is 23.7 Å². The van der Waals surface area contributed by atoms with Gasteiger partial charge in [0.1, 0.15) is 0 Å². The van der Waals surface area contributed by atoms with Crippen LogP contribution in [0.5, 0.6) is 0 Å². The number of aliphatic hydroxyl groups is 1. The number of carbonyl (C=O) groups excluding carboxylic acids is 1. The summed E-state index contributed by atoms with van der Waals surface area (Å²) >= 11 is 0. The number of rotatable bonds is 3. The van der Waals surface area contributed by atoms with Crippen LogP contribution in [0.3, 0.4) is 0 Å². The van der Waals surface area contributed by atoms with Gasteiger partial charge in [0.15, 0.2) is 0 Å². The maximum absolute atomic E-state index is 11.8. The van der Waals surface area contributed by atoms with Gasteiger partial charge in [-0.25, -0.2) is 0 Å². The monoisotopic (exact) mass is 219 g/mol. The second kappa shape index (κ2) is 4.66. The van der Waals surface area contributed by atoms with Gasteiger partial charge in [-0.15, -0.1) is 0 Å². The number of hydrogen-bond donors (Lipinski definition) is 2. The van der Waals surface area contributed by atoms with E-state index in [0.717, 1.165) is 18.3 Å². The van der Waals surface area contributed by atoms with Gasteiger partial charge in [0, 0.05) is 0 Å². The van der Waals surface area contributed by atoms with Crippen LogP contribution >= 0.6 is 0 Å². The number of amides is 1. The van der Waals surface area contributed by atoms with Crippen molar-refractivity contribution >= 4 is 13.0 Å².